The smallest absolute Gasteiger partial charge is 0.204 e. The zero-order valence-corrected chi connectivity index (χ0v) is 16.2. The van der Waals surface area contributed by atoms with Crippen LogP contribution in [0.15, 0.2) is 29.8 Å². The zero-order valence-electron chi connectivity index (χ0n) is 16.2. The lowest BCUT2D eigenvalue weighted by atomic mass is 9.37. The number of hydrogen-bond acceptors (Lipinski definition) is 0. The molecule has 0 fully saturated rings. The van der Waals surface area contributed by atoms with Crippen molar-refractivity contribution in [3.63, 3.8) is 0 Å². The standard InChI is InChI=1S/C22H9BF10/c24-13-11(14(25)18(29)21(32)17(13)28)23(7-8-5-9-3-1-2-4-10(9)6-8)12-15(26)19(30)22(33)20(31)16(12)27/h1-5H,6-7H2. The van der Waals surface area contributed by atoms with E-state index < -0.39 is 82.1 Å². The van der Waals surface area contributed by atoms with Crippen molar-refractivity contribution in [2.75, 3.05) is 0 Å². The minimum absolute atomic E-state index is 0.0669. The Hall–Kier alpha value is -3.24. The fourth-order valence-corrected chi connectivity index (χ4v) is 3.95. The summed E-state index contributed by atoms with van der Waals surface area (Å²) < 4.78 is 141. The van der Waals surface area contributed by atoms with E-state index in [4.69, 9.17) is 0 Å². The lowest BCUT2D eigenvalue weighted by molar-refractivity contribution is 0.382. The predicted molar refractivity (Wildman–Crippen MR) is 100 cm³/mol. The average Bonchev–Trinajstić information content (AvgIpc) is 3.21. The number of rotatable bonds is 4. The predicted octanol–water partition coefficient (Wildman–Crippen LogP) is 5.33. The molecular weight excluding hydrogens is 465 g/mol. The lowest BCUT2D eigenvalue weighted by Crippen LogP contribution is -2.51. The summed E-state index contributed by atoms with van der Waals surface area (Å²) in [7, 11) is 0. The summed E-state index contributed by atoms with van der Waals surface area (Å²) in [5, 5.41) is 0. The number of hydrogen-bond donors (Lipinski definition) is 0. The largest absolute Gasteiger partial charge is 0.229 e. The van der Waals surface area contributed by atoms with E-state index in [2.05, 4.69) is 0 Å². The molecule has 0 spiro atoms. The van der Waals surface area contributed by atoms with Crippen LogP contribution in [0.2, 0.25) is 6.32 Å². The summed E-state index contributed by atoms with van der Waals surface area (Å²) in [5.74, 6) is -24.5. The molecule has 170 valence electrons. The van der Waals surface area contributed by atoms with Gasteiger partial charge in [0, 0.05) is 10.9 Å². The topological polar surface area (TPSA) is 0 Å². The average molecular weight is 474 g/mol. The van der Waals surface area contributed by atoms with Gasteiger partial charge < -0.3 is 0 Å². The molecule has 3 aromatic rings. The summed E-state index contributed by atoms with van der Waals surface area (Å²) in [5.41, 5.74) is -1.89. The van der Waals surface area contributed by atoms with Gasteiger partial charge in [-0.15, -0.1) is 0 Å². The van der Waals surface area contributed by atoms with Crippen molar-refractivity contribution in [3.8, 4) is 0 Å². The van der Waals surface area contributed by atoms with E-state index in [9.17, 15) is 43.9 Å². The van der Waals surface area contributed by atoms with Crippen molar-refractivity contribution >= 4 is 23.7 Å². The molecule has 0 bridgehead atoms. The highest BCUT2D eigenvalue weighted by Gasteiger charge is 2.40. The van der Waals surface area contributed by atoms with Crippen LogP contribution >= 0.6 is 0 Å². The van der Waals surface area contributed by atoms with Crippen LogP contribution in [0.1, 0.15) is 11.1 Å². The van der Waals surface area contributed by atoms with Crippen LogP contribution in [0.25, 0.3) is 6.08 Å². The SMILES string of the molecule is Fc1c(F)c(F)c(B(CC2=Cc3ccccc3C2)c2c(F)c(F)c(F)c(F)c2F)c(F)c1F. The van der Waals surface area contributed by atoms with Crippen LogP contribution in [-0.4, -0.2) is 6.71 Å². The van der Waals surface area contributed by atoms with Gasteiger partial charge in [-0.2, -0.15) is 0 Å². The van der Waals surface area contributed by atoms with Gasteiger partial charge in [0.2, 0.25) is 6.71 Å². The molecule has 33 heavy (non-hydrogen) atoms. The Morgan fingerprint density at radius 1 is 0.545 bits per heavy atom. The molecule has 0 saturated heterocycles. The molecule has 0 atom stereocenters. The van der Waals surface area contributed by atoms with Gasteiger partial charge >= 0.3 is 0 Å². The maximum absolute atomic E-state index is 14.6. The van der Waals surface area contributed by atoms with Gasteiger partial charge in [-0.3, -0.25) is 0 Å². The van der Waals surface area contributed by atoms with Crippen molar-refractivity contribution in [2.45, 2.75) is 12.7 Å². The Balaban J connectivity index is 1.97. The minimum atomic E-state index is -2.53. The Bertz CT molecular complexity index is 1200. The Morgan fingerprint density at radius 3 is 1.36 bits per heavy atom. The molecule has 0 unspecified atom stereocenters. The highest BCUT2D eigenvalue weighted by atomic mass is 19.2. The van der Waals surface area contributed by atoms with Gasteiger partial charge in [-0.1, -0.05) is 35.9 Å². The van der Waals surface area contributed by atoms with Gasteiger partial charge in [0.05, 0.1) is 0 Å². The molecule has 1 aliphatic rings. The summed E-state index contributed by atoms with van der Waals surface area (Å²) in [6.07, 6.45) is 0.725. The second-order valence-corrected chi connectivity index (χ2v) is 7.40. The van der Waals surface area contributed by atoms with Gasteiger partial charge in [-0.25, -0.2) is 43.9 Å². The molecule has 0 nitrogen and oxygen atoms in total. The Labute approximate surface area is 180 Å². The maximum atomic E-state index is 14.6. The van der Waals surface area contributed by atoms with E-state index in [1.54, 1.807) is 24.3 Å². The van der Waals surface area contributed by atoms with Crippen molar-refractivity contribution in [1.29, 1.82) is 0 Å². The third-order valence-corrected chi connectivity index (χ3v) is 5.48. The normalized spacial score (nSPS) is 12.7. The Kier molecular flexibility index (Phi) is 5.75. The van der Waals surface area contributed by atoms with Gasteiger partial charge in [0.1, 0.15) is 0 Å². The van der Waals surface area contributed by atoms with E-state index >= 15 is 0 Å². The van der Waals surface area contributed by atoms with E-state index in [0.717, 1.165) is 0 Å². The van der Waals surface area contributed by atoms with Crippen LogP contribution in [0.5, 0.6) is 0 Å². The molecule has 0 saturated carbocycles. The second-order valence-electron chi connectivity index (χ2n) is 7.40. The maximum Gasteiger partial charge on any atom is 0.229 e. The molecule has 0 amide bonds. The summed E-state index contributed by atoms with van der Waals surface area (Å²) >= 11 is 0. The molecule has 1 aliphatic carbocycles. The highest BCUT2D eigenvalue weighted by molar-refractivity contribution is 6.86. The minimum Gasteiger partial charge on any atom is -0.204 e. The molecule has 0 radical (unpaired) electrons. The first kappa shape index (κ1) is 22.9. The molecule has 11 heteroatoms. The van der Waals surface area contributed by atoms with E-state index in [1.165, 1.54) is 6.08 Å². The lowest BCUT2D eigenvalue weighted by Gasteiger charge is -2.20. The second kappa shape index (κ2) is 8.28. The number of fused-ring (bicyclic) bond motifs is 1. The first-order valence-corrected chi connectivity index (χ1v) is 9.34. The van der Waals surface area contributed by atoms with Crippen molar-refractivity contribution in [1.82, 2.24) is 0 Å². The molecule has 0 aromatic heterocycles. The Morgan fingerprint density at radius 2 is 0.939 bits per heavy atom. The molecule has 0 heterocycles. The van der Waals surface area contributed by atoms with E-state index in [-0.39, 0.29) is 12.0 Å². The first-order valence-electron chi connectivity index (χ1n) is 9.34. The van der Waals surface area contributed by atoms with Crippen molar-refractivity contribution < 1.29 is 43.9 Å². The fraction of sp³-hybridized carbons (Fsp3) is 0.0909. The van der Waals surface area contributed by atoms with Gasteiger partial charge in [-0.05, 0) is 23.9 Å². The zero-order chi connectivity index (χ0) is 24.2. The van der Waals surface area contributed by atoms with Crippen LogP contribution in [0.3, 0.4) is 0 Å². The van der Waals surface area contributed by atoms with Crippen molar-refractivity contribution in [2.24, 2.45) is 0 Å². The molecule has 4 rings (SSSR count). The highest BCUT2D eigenvalue weighted by Crippen LogP contribution is 2.29. The van der Waals surface area contributed by atoms with Crippen LogP contribution < -0.4 is 10.9 Å². The molecule has 0 N–H and O–H groups in total. The monoisotopic (exact) mass is 474 g/mol. The number of halogens is 10. The number of benzene rings is 3. The van der Waals surface area contributed by atoms with Crippen LogP contribution in [0.4, 0.5) is 43.9 Å². The van der Waals surface area contributed by atoms with E-state index in [0.29, 0.717) is 11.1 Å². The van der Waals surface area contributed by atoms with Crippen LogP contribution in [0, 0.1) is 58.2 Å². The fourth-order valence-electron chi connectivity index (χ4n) is 3.95. The van der Waals surface area contributed by atoms with Gasteiger partial charge in [0.15, 0.2) is 58.2 Å². The molecular formula is C22H9BF10. The molecule has 0 aliphatic heterocycles. The quantitative estimate of drug-likeness (QED) is 0.208. The van der Waals surface area contributed by atoms with Crippen LogP contribution in [-0.2, 0) is 6.42 Å². The van der Waals surface area contributed by atoms with Gasteiger partial charge in [0.25, 0.3) is 0 Å². The first-order chi connectivity index (χ1) is 15.5. The summed E-state index contributed by atoms with van der Waals surface area (Å²) in [6.45, 7) is -2.42. The number of allylic oxidation sites excluding steroid dienone is 1. The summed E-state index contributed by atoms with van der Waals surface area (Å²) in [6, 6.07) is 6.59. The van der Waals surface area contributed by atoms with Crippen molar-refractivity contribution in [3.05, 3.63) is 99.1 Å². The third-order valence-electron chi connectivity index (χ3n) is 5.48. The molecule has 3 aromatic carbocycles. The summed E-state index contributed by atoms with van der Waals surface area (Å²) in [4.78, 5) is 0. The van der Waals surface area contributed by atoms with E-state index in [1.807, 2.05) is 0 Å². The third kappa shape index (κ3) is 3.59.